The van der Waals surface area contributed by atoms with E-state index in [1.807, 2.05) is 37.4 Å². The number of hydrogen-bond donors (Lipinski definition) is 1. The summed E-state index contributed by atoms with van der Waals surface area (Å²) in [6, 6.07) is 14.1. The minimum Gasteiger partial charge on any atom is -0.379 e. The van der Waals surface area contributed by atoms with E-state index in [0.717, 1.165) is 47.1 Å². The van der Waals surface area contributed by atoms with E-state index < -0.39 is 0 Å². The second-order valence-corrected chi connectivity index (χ2v) is 8.94. The topological polar surface area (TPSA) is 44.8 Å². The summed E-state index contributed by atoms with van der Waals surface area (Å²) in [5, 5.41) is 3.20. The summed E-state index contributed by atoms with van der Waals surface area (Å²) in [6.07, 6.45) is 0. The summed E-state index contributed by atoms with van der Waals surface area (Å²) in [7, 11) is 1.83. The molecule has 1 saturated heterocycles. The molecule has 1 unspecified atom stereocenters. The average molecular weight is 438 g/mol. The van der Waals surface area contributed by atoms with Gasteiger partial charge in [-0.1, -0.05) is 30.3 Å². The number of urea groups is 1. The Morgan fingerprint density at radius 1 is 1.27 bits per heavy atom. The lowest BCUT2D eigenvalue weighted by Crippen LogP contribution is -2.45. The van der Waals surface area contributed by atoms with Gasteiger partial charge in [-0.25, -0.2) is 4.79 Å². The van der Waals surface area contributed by atoms with Crippen molar-refractivity contribution in [3.05, 3.63) is 56.7 Å². The molecule has 2 aromatic rings. The number of thiophene rings is 1. The second kappa shape index (κ2) is 9.50. The largest absolute Gasteiger partial charge is 0.379 e. The van der Waals surface area contributed by atoms with Crippen LogP contribution in [0.15, 0.2) is 46.3 Å². The van der Waals surface area contributed by atoms with Crippen LogP contribution in [0.2, 0.25) is 0 Å². The van der Waals surface area contributed by atoms with Gasteiger partial charge in [-0.3, -0.25) is 4.90 Å². The maximum Gasteiger partial charge on any atom is 0.317 e. The Balaban J connectivity index is 1.64. The van der Waals surface area contributed by atoms with E-state index in [0.29, 0.717) is 6.54 Å². The molecule has 3 rings (SSSR count). The summed E-state index contributed by atoms with van der Waals surface area (Å²) >= 11 is 5.12. The Labute approximate surface area is 167 Å². The van der Waals surface area contributed by atoms with Crippen LogP contribution in [0.25, 0.3) is 0 Å². The highest BCUT2D eigenvalue weighted by atomic mass is 79.9. The van der Waals surface area contributed by atoms with E-state index in [-0.39, 0.29) is 12.1 Å². The summed E-state index contributed by atoms with van der Waals surface area (Å²) in [6.45, 7) is 4.69. The van der Waals surface area contributed by atoms with Gasteiger partial charge in [0.25, 0.3) is 0 Å². The molecule has 1 fully saturated rings. The Hall–Kier alpha value is -1.41. The first-order valence-electron chi connectivity index (χ1n) is 8.72. The van der Waals surface area contributed by atoms with Gasteiger partial charge in [0.05, 0.1) is 29.6 Å². The SMILES string of the molecule is CN(Cc1ccc(Br)s1)C(=O)NC(CN1CCOCC1)c1ccccc1. The van der Waals surface area contributed by atoms with Gasteiger partial charge in [0, 0.05) is 31.6 Å². The standard InChI is InChI=1S/C19H24BrN3O2S/c1-22(13-16-7-8-18(20)26-16)19(24)21-17(15-5-3-2-4-6-15)14-23-9-11-25-12-10-23/h2-8,17H,9-14H2,1H3,(H,21,24). The minimum absolute atomic E-state index is 0.0423. The van der Waals surface area contributed by atoms with Crippen LogP contribution in [-0.2, 0) is 11.3 Å². The third kappa shape index (κ3) is 5.54. The Morgan fingerprint density at radius 3 is 2.65 bits per heavy atom. The highest BCUT2D eigenvalue weighted by molar-refractivity contribution is 9.11. The van der Waals surface area contributed by atoms with E-state index in [1.165, 1.54) is 0 Å². The predicted molar refractivity (Wildman–Crippen MR) is 108 cm³/mol. The molecule has 26 heavy (non-hydrogen) atoms. The number of morpholine rings is 1. The Bertz CT molecular complexity index is 704. The van der Waals surface area contributed by atoms with Crippen LogP contribution in [0.5, 0.6) is 0 Å². The van der Waals surface area contributed by atoms with Gasteiger partial charge in [0.15, 0.2) is 0 Å². The lowest BCUT2D eigenvalue weighted by atomic mass is 10.1. The van der Waals surface area contributed by atoms with Crippen molar-refractivity contribution < 1.29 is 9.53 Å². The molecule has 0 radical (unpaired) electrons. The number of carbonyl (C=O) groups is 1. The van der Waals surface area contributed by atoms with Crippen LogP contribution in [-0.4, -0.2) is 55.7 Å². The number of amides is 2. The van der Waals surface area contributed by atoms with Crippen LogP contribution in [0.1, 0.15) is 16.5 Å². The number of halogens is 1. The predicted octanol–water partition coefficient (Wildman–Crippen LogP) is 3.73. The second-order valence-electron chi connectivity index (χ2n) is 6.39. The molecule has 1 N–H and O–H groups in total. The molecular formula is C19H24BrN3O2S. The van der Waals surface area contributed by atoms with Gasteiger partial charge >= 0.3 is 6.03 Å². The fourth-order valence-electron chi connectivity index (χ4n) is 2.96. The first-order chi connectivity index (χ1) is 12.6. The number of benzene rings is 1. The molecule has 0 spiro atoms. The van der Waals surface area contributed by atoms with Crippen molar-refractivity contribution in [2.24, 2.45) is 0 Å². The smallest absolute Gasteiger partial charge is 0.317 e. The molecule has 0 bridgehead atoms. The molecular weight excluding hydrogens is 414 g/mol. The zero-order chi connectivity index (χ0) is 18.4. The summed E-state index contributed by atoms with van der Waals surface area (Å²) < 4.78 is 6.51. The van der Waals surface area contributed by atoms with Crippen molar-refractivity contribution in [2.45, 2.75) is 12.6 Å². The molecule has 5 nitrogen and oxygen atoms in total. The molecule has 0 saturated carbocycles. The molecule has 1 aliphatic rings. The van der Waals surface area contributed by atoms with Crippen molar-refractivity contribution >= 4 is 33.3 Å². The molecule has 1 aromatic carbocycles. The maximum absolute atomic E-state index is 12.7. The van der Waals surface area contributed by atoms with Crippen LogP contribution in [0, 0.1) is 0 Å². The van der Waals surface area contributed by atoms with Gasteiger partial charge in [-0.05, 0) is 33.6 Å². The number of hydrogen-bond acceptors (Lipinski definition) is 4. The Morgan fingerprint density at radius 2 is 2.00 bits per heavy atom. The number of nitrogens with one attached hydrogen (secondary N) is 1. The zero-order valence-corrected chi connectivity index (χ0v) is 17.3. The van der Waals surface area contributed by atoms with Gasteiger partial charge in [0.1, 0.15) is 0 Å². The summed E-state index contributed by atoms with van der Waals surface area (Å²) in [5.74, 6) is 0. The number of carbonyl (C=O) groups excluding carboxylic acids is 1. The van der Waals surface area contributed by atoms with E-state index in [4.69, 9.17) is 4.74 Å². The molecule has 2 heterocycles. The third-order valence-corrected chi connectivity index (χ3v) is 6.02. The molecule has 140 valence electrons. The van der Waals surface area contributed by atoms with E-state index in [2.05, 4.69) is 38.3 Å². The van der Waals surface area contributed by atoms with Gasteiger partial charge in [-0.15, -0.1) is 11.3 Å². The quantitative estimate of drug-likeness (QED) is 0.748. The highest BCUT2D eigenvalue weighted by Crippen LogP contribution is 2.23. The Kier molecular flexibility index (Phi) is 7.07. The van der Waals surface area contributed by atoms with Crippen molar-refractivity contribution in [3.63, 3.8) is 0 Å². The van der Waals surface area contributed by atoms with Crippen molar-refractivity contribution in [1.29, 1.82) is 0 Å². The van der Waals surface area contributed by atoms with E-state index in [9.17, 15) is 4.79 Å². The molecule has 1 aliphatic heterocycles. The van der Waals surface area contributed by atoms with Crippen LogP contribution in [0.3, 0.4) is 0 Å². The average Bonchev–Trinajstić information content (AvgIpc) is 3.07. The van der Waals surface area contributed by atoms with Crippen molar-refractivity contribution in [3.8, 4) is 0 Å². The number of ether oxygens (including phenoxy) is 1. The maximum atomic E-state index is 12.7. The molecule has 1 atom stereocenters. The molecule has 7 heteroatoms. The molecule has 2 amide bonds. The molecule has 0 aliphatic carbocycles. The molecule has 1 aromatic heterocycles. The summed E-state index contributed by atoms with van der Waals surface area (Å²) in [5.41, 5.74) is 1.12. The first kappa shape index (κ1) is 19.4. The van der Waals surface area contributed by atoms with Gasteiger partial charge in [-0.2, -0.15) is 0 Å². The van der Waals surface area contributed by atoms with Crippen molar-refractivity contribution in [1.82, 2.24) is 15.1 Å². The van der Waals surface area contributed by atoms with Crippen LogP contribution < -0.4 is 5.32 Å². The number of nitrogens with zero attached hydrogens (tertiary/aromatic N) is 2. The van der Waals surface area contributed by atoms with Gasteiger partial charge < -0.3 is 15.0 Å². The lowest BCUT2D eigenvalue weighted by molar-refractivity contribution is 0.0337. The monoisotopic (exact) mass is 437 g/mol. The van der Waals surface area contributed by atoms with E-state index in [1.54, 1.807) is 16.2 Å². The van der Waals surface area contributed by atoms with E-state index >= 15 is 0 Å². The number of rotatable bonds is 6. The third-order valence-electron chi connectivity index (χ3n) is 4.41. The minimum atomic E-state index is -0.0587. The van der Waals surface area contributed by atoms with Gasteiger partial charge in [0.2, 0.25) is 0 Å². The fraction of sp³-hybridized carbons (Fsp3) is 0.421. The highest BCUT2D eigenvalue weighted by Gasteiger charge is 2.21. The van der Waals surface area contributed by atoms with Crippen LogP contribution >= 0.6 is 27.3 Å². The first-order valence-corrected chi connectivity index (χ1v) is 10.3. The van der Waals surface area contributed by atoms with Crippen molar-refractivity contribution in [2.75, 3.05) is 39.9 Å². The zero-order valence-electron chi connectivity index (χ0n) is 14.9. The fourth-order valence-corrected chi connectivity index (χ4v) is 4.50. The normalized spacial score (nSPS) is 16.2. The lowest BCUT2D eigenvalue weighted by Gasteiger charge is -2.32. The van der Waals surface area contributed by atoms with Crippen LogP contribution in [0.4, 0.5) is 4.79 Å². The summed E-state index contributed by atoms with van der Waals surface area (Å²) in [4.78, 5) is 18.0.